The van der Waals surface area contributed by atoms with Gasteiger partial charge in [0.05, 0.1) is 10.6 Å². The Balaban J connectivity index is 2.46. The largest absolute Gasteiger partial charge is 0.409 e. The topological polar surface area (TPSA) is 84.4 Å². The predicted molar refractivity (Wildman–Crippen MR) is 79.6 cm³/mol. The van der Waals surface area contributed by atoms with E-state index in [0.29, 0.717) is 15.7 Å². The second-order valence-electron chi connectivity index (χ2n) is 4.13. The van der Waals surface area contributed by atoms with Crippen molar-refractivity contribution < 1.29 is 5.21 Å². The summed E-state index contributed by atoms with van der Waals surface area (Å²) in [6.45, 7) is 3.81. The van der Waals surface area contributed by atoms with Gasteiger partial charge in [0.15, 0.2) is 11.0 Å². The van der Waals surface area contributed by atoms with Gasteiger partial charge in [-0.05, 0) is 43.8 Å². The van der Waals surface area contributed by atoms with Crippen molar-refractivity contribution in [2.24, 2.45) is 10.9 Å². The van der Waals surface area contributed by atoms with Gasteiger partial charge in [0.25, 0.3) is 0 Å². The number of oxime groups is 1. The Bertz CT molecular complexity index is 655. The number of hydrogen-bond donors (Lipinski definition) is 2. The maximum atomic E-state index is 8.86. The highest BCUT2D eigenvalue weighted by Gasteiger charge is 2.14. The molecule has 0 saturated heterocycles. The molecule has 1 heterocycles. The second kappa shape index (κ2) is 6.11. The fraction of sp³-hybridized carbons (Fsp3) is 0.154. The molecule has 0 bridgehead atoms. The van der Waals surface area contributed by atoms with Crippen LogP contribution >= 0.6 is 23.4 Å². The van der Waals surface area contributed by atoms with E-state index in [1.165, 1.54) is 11.8 Å². The van der Waals surface area contributed by atoms with E-state index in [4.69, 9.17) is 22.5 Å². The lowest BCUT2D eigenvalue weighted by atomic mass is 10.2. The monoisotopic (exact) mass is 308 g/mol. The first-order valence-corrected chi connectivity index (χ1v) is 6.97. The summed E-state index contributed by atoms with van der Waals surface area (Å²) in [6, 6.07) is 7.19. The maximum absolute atomic E-state index is 8.86. The molecule has 0 spiro atoms. The third kappa shape index (κ3) is 3.20. The number of nitrogens with zero attached hydrogens (tertiary/aromatic N) is 3. The summed E-state index contributed by atoms with van der Waals surface area (Å²) in [5.74, 6) is -0.0394. The predicted octanol–water partition coefficient (Wildman–Crippen LogP) is 2.99. The number of halogens is 1. The molecule has 3 N–H and O–H groups in total. The van der Waals surface area contributed by atoms with Crippen molar-refractivity contribution in [3.05, 3.63) is 46.2 Å². The third-order valence-electron chi connectivity index (χ3n) is 2.50. The Morgan fingerprint density at radius 1 is 1.30 bits per heavy atom. The molecule has 0 aliphatic rings. The first-order valence-electron chi connectivity index (χ1n) is 5.78. The SMILES string of the molecule is Cc1cc(C)nc(Sc2cccc(Cl)c2C(N)=NO)n1. The molecular weight excluding hydrogens is 296 g/mol. The molecule has 1 aromatic heterocycles. The molecule has 2 rings (SSSR count). The van der Waals surface area contributed by atoms with Gasteiger partial charge in [-0.1, -0.05) is 22.8 Å². The van der Waals surface area contributed by atoms with Crippen LogP contribution in [0.2, 0.25) is 5.02 Å². The van der Waals surface area contributed by atoms with Gasteiger partial charge in [0, 0.05) is 16.3 Å². The molecule has 2 aromatic rings. The van der Waals surface area contributed by atoms with E-state index in [2.05, 4.69) is 15.1 Å². The van der Waals surface area contributed by atoms with Crippen molar-refractivity contribution in [2.75, 3.05) is 0 Å². The van der Waals surface area contributed by atoms with Gasteiger partial charge >= 0.3 is 0 Å². The number of rotatable bonds is 3. The molecule has 104 valence electrons. The fourth-order valence-electron chi connectivity index (χ4n) is 1.73. The summed E-state index contributed by atoms with van der Waals surface area (Å²) in [5.41, 5.74) is 7.91. The Kier molecular flexibility index (Phi) is 4.46. The highest BCUT2D eigenvalue weighted by atomic mass is 35.5. The first-order chi connectivity index (χ1) is 9.51. The quantitative estimate of drug-likeness (QED) is 0.299. The van der Waals surface area contributed by atoms with E-state index < -0.39 is 0 Å². The molecule has 0 radical (unpaired) electrons. The molecule has 20 heavy (non-hydrogen) atoms. The number of aromatic nitrogens is 2. The molecule has 0 fully saturated rings. The smallest absolute Gasteiger partial charge is 0.192 e. The summed E-state index contributed by atoms with van der Waals surface area (Å²) in [7, 11) is 0. The molecule has 0 saturated carbocycles. The van der Waals surface area contributed by atoms with Crippen molar-refractivity contribution in [2.45, 2.75) is 23.9 Å². The summed E-state index contributed by atoms with van der Waals surface area (Å²) in [5, 5.41) is 12.9. The number of benzene rings is 1. The number of hydrogen-bond acceptors (Lipinski definition) is 5. The average Bonchev–Trinajstić information content (AvgIpc) is 2.37. The van der Waals surface area contributed by atoms with Crippen LogP contribution in [0.5, 0.6) is 0 Å². The van der Waals surface area contributed by atoms with Crippen molar-refractivity contribution >= 4 is 29.2 Å². The zero-order valence-electron chi connectivity index (χ0n) is 11.0. The van der Waals surface area contributed by atoms with Crippen LogP contribution in [0, 0.1) is 13.8 Å². The lowest BCUT2D eigenvalue weighted by Gasteiger charge is -2.09. The van der Waals surface area contributed by atoms with E-state index in [9.17, 15) is 0 Å². The third-order valence-corrected chi connectivity index (χ3v) is 3.74. The molecule has 1 aromatic carbocycles. The van der Waals surface area contributed by atoms with E-state index >= 15 is 0 Å². The van der Waals surface area contributed by atoms with E-state index in [0.717, 1.165) is 16.3 Å². The first kappa shape index (κ1) is 14.6. The number of nitrogens with two attached hydrogens (primary N) is 1. The van der Waals surface area contributed by atoms with Crippen molar-refractivity contribution in [1.29, 1.82) is 0 Å². The van der Waals surface area contributed by atoms with Crippen LogP contribution in [-0.2, 0) is 0 Å². The molecule has 5 nitrogen and oxygen atoms in total. The van der Waals surface area contributed by atoms with Gasteiger partial charge in [-0.25, -0.2) is 9.97 Å². The molecule has 0 aliphatic carbocycles. The standard InChI is InChI=1S/C13H13ClN4OS/c1-7-6-8(2)17-13(16-7)20-10-5-3-4-9(14)11(10)12(15)18-19/h3-6,19H,1-2H3,(H2,15,18). The number of amidine groups is 1. The van der Waals surface area contributed by atoms with Crippen molar-refractivity contribution in [3.63, 3.8) is 0 Å². The van der Waals surface area contributed by atoms with Crippen LogP contribution in [0.25, 0.3) is 0 Å². The normalized spacial score (nSPS) is 11.7. The molecule has 0 unspecified atom stereocenters. The zero-order chi connectivity index (χ0) is 14.7. The van der Waals surface area contributed by atoms with Crippen LogP contribution in [0.15, 0.2) is 39.5 Å². The fourth-order valence-corrected chi connectivity index (χ4v) is 3.09. The molecule has 7 heteroatoms. The number of aryl methyl sites for hydroxylation is 2. The van der Waals surface area contributed by atoms with Gasteiger partial charge in [0.1, 0.15) is 0 Å². The summed E-state index contributed by atoms with van der Waals surface area (Å²) < 4.78 is 0. The molecule has 0 atom stereocenters. The van der Waals surface area contributed by atoms with Crippen LogP contribution in [0.3, 0.4) is 0 Å². The van der Waals surface area contributed by atoms with Gasteiger partial charge < -0.3 is 10.9 Å². The Hall–Kier alpha value is -1.79. The van der Waals surface area contributed by atoms with Gasteiger partial charge in [-0.3, -0.25) is 0 Å². The molecular formula is C13H13ClN4OS. The second-order valence-corrected chi connectivity index (χ2v) is 5.55. The van der Waals surface area contributed by atoms with E-state index in [-0.39, 0.29) is 5.84 Å². The van der Waals surface area contributed by atoms with Crippen LogP contribution in [0.1, 0.15) is 17.0 Å². The van der Waals surface area contributed by atoms with Gasteiger partial charge in [-0.15, -0.1) is 0 Å². The van der Waals surface area contributed by atoms with Crippen molar-refractivity contribution in [3.8, 4) is 0 Å². The Morgan fingerprint density at radius 3 is 2.55 bits per heavy atom. The maximum Gasteiger partial charge on any atom is 0.192 e. The van der Waals surface area contributed by atoms with E-state index in [1.807, 2.05) is 26.0 Å². The van der Waals surface area contributed by atoms with Gasteiger partial charge in [-0.2, -0.15) is 0 Å². The minimum atomic E-state index is -0.0394. The highest BCUT2D eigenvalue weighted by Crippen LogP contribution is 2.32. The van der Waals surface area contributed by atoms with Gasteiger partial charge in [0.2, 0.25) is 0 Å². The zero-order valence-corrected chi connectivity index (χ0v) is 12.5. The summed E-state index contributed by atoms with van der Waals surface area (Å²) >= 11 is 7.43. The minimum Gasteiger partial charge on any atom is -0.409 e. The van der Waals surface area contributed by atoms with Crippen LogP contribution in [0.4, 0.5) is 0 Å². The molecule has 0 aliphatic heterocycles. The minimum absolute atomic E-state index is 0.0394. The summed E-state index contributed by atoms with van der Waals surface area (Å²) in [4.78, 5) is 9.44. The highest BCUT2D eigenvalue weighted by molar-refractivity contribution is 7.99. The van der Waals surface area contributed by atoms with Crippen LogP contribution in [-0.4, -0.2) is 21.0 Å². The Labute approximate surface area is 125 Å². The lowest BCUT2D eigenvalue weighted by Crippen LogP contribution is -2.15. The van der Waals surface area contributed by atoms with Crippen LogP contribution < -0.4 is 5.73 Å². The van der Waals surface area contributed by atoms with Crippen molar-refractivity contribution in [1.82, 2.24) is 9.97 Å². The van der Waals surface area contributed by atoms with E-state index in [1.54, 1.807) is 12.1 Å². The lowest BCUT2D eigenvalue weighted by molar-refractivity contribution is 0.318. The summed E-state index contributed by atoms with van der Waals surface area (Å²) in [6.07, 6.45) is 0. The Morgan fingerprint density at radius 2 is 1.95 bits per heavy atom. The average molecular weight is 309 g/mol. The molecule has 0 amide bonds.